The second kappa shape index (κ2) is 5.84. The second-order valence-corrected chi connectivity index (χ2v) is 4.92. The number of nitriles is 1. The summed E-state index contributed by atoms with van der Waals surface area (Å²) < 4.78 is 5.97. The summed E-state index contributed by atoms with van der Waals surface area (Å²) in [5.74, 6) is 0.683. The van der Waals surface area contributed by atoms with Crippen molar-refractivity contribution in [1.82, 2.24) is 0 Å². The van der Waals surface area contributed by atoms with Gasteiger partial charge in [0.05, 0.1) is 24.3 Å². The highest BCUT2D eigenvalue weighted by Crippen LogP contribution is 2.26. The van der Waals surface area contributed by atoms with Crippen LogP contribution in [0.25, 0.3) is 0 Å². The summed E-state index contributed by atoms with van der Waals surface area (Å²) in [5, 5.41) is 8.72. The van der Waals surface area contributed by atoms with Crippen molar-refractivity contribution in [3.8, 4) is 6.07 Å². The molecular weight excluding hydrogens is 210 g/mol. The summed E-state index contributed by atoms with van der Waals surface area (Å²) in [4.78, 5) is 0. The minimum Gasteiger partial charge on any atom is -0.373 e. The first-order chi connectivity index (χ1) is 8.29. The Balaban J connectivity index is 1.86. The third-order valence-corrected chi connectivity index (χ3v) is 3.58. The van der Waals surface area contributed by atoms with Crippen LogP contribution in [0.5, 0.6) is 0 Å². The lowest BCUT2D eigenvalue weighted by Crippen LogP contribution is -2.25. The van der Waals surface area contributed by atoms with Crippen molar-refractivity contribution in [2.45, 2.75) is 45.3 Å². The monoisotopic (exact) mass is 229 g/mol. The molecule has 2 rings (SSSR count). The number of hydrogen-bond acceptors (Lipinski definition) is 2. The molecule has 1 aromatic rings. The van der Waals surface area contributed by atoms with Gasteiger partial charge in [-0.2, -0.15) is 5.26 Å². The van der Waals surface area contributed by atoms with Crippen LogP contribution in [0.1, 0.15) is 43.7 Å². The van der Waals surface area contributed by atoms with Crippen LogP contribution in [0, 0.1) is 17.2 Å². The highest BCUT2D eigenvalue weighted by molar-refractivity contribution is 5.31. The molecular formula is C15H19NO. The topological polar surface area (TPSA) is 33.0 Å². The van der Waals surface area contributed by atoms with E-state index in [0.29, 0.717) is 24.2 Å². The van der Waals surface area contributed by atoms with Crippen LogP contribution < -0.4 is 0 Å². The van der Waals surface area contributed by atoms with Crippen molar-refractivity contribution >= 4 is 0 Å². The van der Waals surface area contributed by atoms with Crippen molar-refractivity contribution in [2.24, 2.45) is 5.92 Å². The fraction of sp³-hybridized carbons (Fsp3) is 0.533. The smallest absolute Gasteiger partial charge is 0.0991 e. The van der Waals surface area contributed by atoms with Crippen molar-refractivity contribution < 1.29 is 4.74 Å². The number of benzene rings is 1. The third-order valence-electron chi connectivity index (χ3n) is 3.58. The molecule has 0 radical (unpaired) electrons. The van der Waals surface area contributed by atoms with Crippen molar-refractivity contribution in [3.05, 3.63) is 35.4 Å². The third kappa shape index (κ3) is 3.31. The zero-order valence-electron chi connectivity index (χ0n) is 10.4. The Hall–Kier alpha value is -1.33. The highest BCUT2D eigenvalue weighted by atomic mass is 16.5. The minimum absolute atomic E-state index is 0.416. The number of nitrogens with zero attached hydrogens (tertiary/aromatic N) is 1. The molecule has 90 valence electrons. The Labute approximate surface area is 103 Å². The molecule has 0 heterocycles. The van der Waals surface area contributed by atoms with Crippen molar-refractivity contribution in [2.75, 3.05) is 0 Å². The molecule has 2 nitrogen and oxygen atoms in total. The first kappa shape index (κ1) is 12.1. The maximum absolute atomic E-state index is 8.72. The van der Waals surface area contributed by atoms with Gasteiger partial charge in [-0.15, -0.1) is 0 Å². The second-order valence-electron chi connectivity index (χ2n) is 4.92. The number of ether oxygens (including phenoxy) is 1. The fourth-order valence-electron chi connectivity index (χ4n) is 2.41. The summed E-state index contributed by atoms with van der Waals surface area (Å²) >= 11 is 0. The van der Waals surface area contributed by atoms with Gasteiger partial charge in [-0.1, -0.05) is 31.9 Å². The van der Waals surface area contributed by atoms with Gasteiger partial charge in [0.25, 0.3) is 0 Å². The van der Waals surface area contributed by atoms with E-state index in [1.807, 2.05) is 24.3 Å². The van der Waals surface area contributed by atoms with Crippen LogP contribution in [0.2, 0.25) is 0 Å². The maximum Gasteiger partial charge on any atom is 0.0991 e. The molecule has 1 aliphatic rings. The van der Waals surface area contributed by atoms with Gasteiger partial charge >= 0.3 is 0 Å². The molecule has 0 saturated heterocycles. The Bertz CT molecular complexity index is 390. The number of rotatable bonds is 3. The molecule has 1 aliphatic carbocycles. The van der Waals surface area contributed by atoms with Crippen LogP contribution in [-0.4, -0.2) is 6.10 Å². The summed E-state index contributed by atoms with van der Waals surface area (Å²) in [6.45, 7) is 2.95. The zero-order chi connectivity index (χ0) is 12.1. The van der Waals surface area contributed by atoms with Gasteiger partial charge in [0.1, 0.15) is 0 Å². The molecule has 0 bridgehead atoms. The van der Waals surface area contributed by atoms with Gasteiger partial charge < -0.3 is 4.74 Å². The van der Waals surface area contributed by atoms with Crippen molar-refractivity contribution in [1.29, 1.82) is 5.26 Å². The van der Waals surface area contributed by atoms with E-state index in [2.05, 4.69) is 13.0 Å². The summed E-state index contributed by atoms with van der Waals surface area (Å²) in [6.07, 6.45) is 5.54. The molecule has 0 aromatic heterocycles. The average Bonchev–Trinajstić information content (AvgIpc) is 2.38. The van der Waals surface area contributed by atoms with Crippen LogP contribution in [0.3, 0.4) is 0 Å². The average molecular weight is 229 g/mol. The molecule has 2 heteroatoms. The van der Waals surface area contributed by atoms with E-state index in [9.17, 15) is 0 Å². The van der Waals surface area contributed by atoms with Crippen LogP contribution in [-0.2, 0) is 11.3 Å². The predicted octanol–water partition coefficient (Wildman–Crippen LogP) is 3.65. The summed E-state index contributed by atoms with van der Waals surface area (Å²) in [5.41, 5.74) is 1.86. The molecule has 1 aromatic carbocycles. The molecule has 0 N–H and O–H groups in total. The minimum atomic E-state index is 0.416. The maximum atomic E-state index is 8.72. The van der Waals surface area contributed by atoms with Crippen LogP contribution in [0.4, 0.5) is 0 Å². The molecule has 0 spiro atoms. The lowest BCUT2D eigenvalue weighted by atomic mass is 9.88. The van der Waals surface area contributed by atoms with E-state index >= 15 is 0 Å². The van der Waals surface area contributed by atoms with Crippen molar-refractivity contribution in [3.63, 3.8) is 0 Å². The molecule has 0 amide bonds. The highest BCUT2D eigenvalue weighted by Gasteiger charge is 2.21. The van der Waals surface area contributed by atoms with Gasteiger partial charge in [-0.05, 0) is 36.5 Å². The van der Waals surface area contributed by atoms with Gasteiger partial charge in [0.2, 0.25) is 0 Å². The first-order valence-corrected chi connectivity index (χ1v) is 6.40. The largest absolute Gasteiger partial charge is 0.373 e. The lowest BCUT2D eigenvalue weighted by molar-refractivity contribution is -0.0154. The molecule has 17 heavy (non-hydrogen) atoms. The van der Waals surface area contributed by atoms with E-state index in [-0.39, 0.29) is 0 Å². The van der Waals surface area contributed by atoms with E-state index < -0.39 is 0 Å². The summed E-state index contributed by atoms with van der Waals surface area (Å²) in [7, 11) is 0. The molecule has 1 fully saturated rings. The normalized spacial score (nSPS) is 24.2. The molecule has 2 atom stereocenters. The lowest BCUT2D eigenvalue weighted by Gasteiger charge is -2.28. The van der Waals surface area contributed by atoms with E-state index in [0.717, 1.165) is 5.56 Å². The molecule has 1 saturated carbocycles. The van der Waals surface area contributed by atoms with Gasteiger partial charge in [0, 0.05) is 0 Å². The predicted molar refractivity (Wildman–Crippen MR) is 67.4 cm³/mol. The Morgan fingerprint density at radius 2 is 1.94 bits per heavy atom. The Morgan fingerprint density at radius 3 is 2.59 bits per heavy atom. The van der Waals surface area contributed by atoms with E-state index in [4.69, 9.17) is 10.00 Å². The van der Waals surface area contributed by atoms with Crippen LogP contribution >= 0.6 is 0 Å². The van der Waals surface area contributed by atoms with Crippen LogP contribution in [0.15, 0.2) is 24.3 Å². The van der Waals surface area contributed by atoms with Gasteiger partial charge in [-0.25, -0.2) is 0 Å². The van der Waals surface area contributed by atoms with Gasteiger partial charge in [-0.3, -0.25) is 0 Å². The summed E-state index contributed by atoms with van der Waals surface area (Å²) in [6, 6.07) is 9.78. The first-order valence-electron chi connectivity index (χ1n) is 6.40. The molecule has 2 unspecified atom stereocenters. The Kier molecular flexibility index (Phi) is 4.17. The standard InChI is InChI=1S/C15H19NO/c1-12-4-2-3-5-15(12)17-11-14-8-6-13(10-16)7-9-14/h6-9,12,15H,2-5,11H2,1H3. The SMILES string of the molecule is CC1CCCCC1OCc1ccc(C#N)cc1. The van der Waals surface area contributed by atoms with E-state index in [1.165, 1.54) is 25.7 Å². The Morgan fingerprint density at radius 1 is 1.24 bits per heavy atom. The fourth-order valence-corrected chi connectivity index (χ4v) is 2.41. The zero-order valence-corrected chi connectivity index (χ0v) is 10.4. The quantitative estimate of drug-likeness (QED) is 0.792. The molecule has 0 aliphatic heterocycles. The number of hydrogen-bond donors (Lipinski definition) is 0. The van der Waals surface area contributed by atoms with E-state index in [1.54, 1.807) is 0 Å². The van der Waals surface area contributed by atoms with Gasteiger partial charge in [0.15, 0.2) is 0 Å².